The lowest BCUT2D eigenvalue weighted by atomic mass is 9.96. The van der Waals surface area contributed by atoms with Crippen LogP contribution in [0.4, 0.5) is 4.79 Å². The van der Waals surface area contributed by atoms with Gasteiger partial charge in [-0.15, -0.1) is 0 Å². The number of hydrogen-bond donors (Lipinski definition) is 2. The van der Waals surface area contributed by atoms with Gasteiger partial charge in [-0.05, 0) is 25.8 Å². The standard InChI is InChI=1S/C12H19NO4/c1-9(7-8-11(14)15)17-12(16)13-10-5-3-2-4-6-10/h7-10H,2-6H2,1H3,(H,13,16)(H,14,15). The molecular weight excluding hydrogens is 222 g/mol. The van der Waals surface area contributed by atoms with Crippen molar-refractivity contribution in [3.05, 3.63) is 12.2 Å². The first-order valence-electron chi connectivity index (χ1n) is 5.96. The average molecular weight is 241 g/mol. The molecule has 1 rings (SSSR count). The molecule has 0 bridgehead atoms. The minimum atomic E-state index is -1.05. The highest BCUT2D eigenvalue weighted by Crippen LogP contribution is 2.17. The molecule has 0 saturated heterocycles. The van der Waals surface area contributed by atoms with E-state index in [9.17, 15) is 9.59 Å². The maximum absolute atomic E-state index is 11.5. The van der Waals surface area contributed by atoms with Crippen molar-refractivity contribution in [3.63, 3.8) is 0 Å². The van der Waals surface area contributed by atoms with Crippen LogP contribution in [0.25, 0.3) is 0 Å². The molecule has 1 fully saturated rings. The summed E-state index contributed by atoms with van der Waals surface area (Å²) in [6, 6.07) is 0.201. The van der Waals surface area contributed by atoms with Crippen molar-refractivity contribution in [3.8, 4) is 0 Å². The molecule has 96 valence electrons. The molecule has 0 aromatic heterocycles. The van der Waals surface area contributed by atoms with Gasteiger partial charge in [0.15, 0.2) is 0 Å². The van der Waals surface area contributed by atoms with Crippen LogP contribution in [0.15, 0.2) is 12.2 Å². The maximum Gasteiger partial charge on any atom is 0.407 e. The molecule has 17 heavy (non-hydrogen) atoms. The number of hydrogen-bond acceptors (Lipinski definition) is 3. The normalized spacial score (nSPS) is 18.9. The summed E-state index contributed by atoms with van der Waals surface area (Å²) < 4.78 is 5.00. The third-order valence-corrected chi connectivity index (χ3v) is 2.73. The van der Waals surface area contributed by atoms with Gasteiger partial charge in [-0.1, -0.05) is 19.3 Å². The van der Waals surface area contributed by atoms with E-state index in [1.165, 1.54) is 12.5 Å². The van der Waals surface area contributed by atoms with Gasteiger partial charge in [-0.2, -0.15) is 0 Å². The van der Waals surface area contributed by atoms with Gasteiger partial charge in [-0.25, -0.2) is 9.59 Å². The van der Waals surface area contributed by atoms with Crippen LogP contribution in [0.5, 0.6) is 0 Å². The van der Waals surface area contributed by atoms with Crippen LogP contribution in [-0.4, -0.2) is 29.3 Å². The second-order valence-electron chi connectivity index (χ2n) is 4.29. The molecule has 1 aliphatic rings. The fourth-order valence-corrected chi connectivity index (χ4v) is 1.87. The molecule has 5 nitrogen and oxygen atoms in total. The zero-order chi connectivity index (χ0) is 12.7. The average Bonchev–Trinajstić information content (AvgIpc) is 2.27. The summed E-state index contributed by atoms with van der Waals surface area (Å²) in [4.78, 5) is 21.7. The summed E-state index contributed by atoms with van der Waals surface area (Å²) in [5, 5.41) is 11.2. The van der Waals surface area contributed by atoms with E-state index in [0.717, 1.165) is 31.8 Å². The summed E-state index contributed by atoms with van der Waals surface area (Å²) >= 11 is 0. The number of rotatable bonds is 4. The number of carbonyl (C=O) groups excluding carboxylic acids is 1. The fourth-order valence-electron chi connectivity index (χ4n) is 1.87. The van der Waals surface area contributed by atoms with Crippen LogP contribution in [0.1, 0.15) is 39.0 Å². The largest absolute Gasteiger partial charge is 0.478 e. The van der Waals surface area contributed by atoms with Gasteiger partial charge >= 0.3 is 12.1 Å². The fraction of sp³-hybridized carbons (Fsp3) is 0.667. The molecule has 0 aromatic carbocycles. The van der Waals surface area contributed by atoms with E-state index in [0.29, 0.717) is 0 Å². The molecule has 1 saturated carbocycles. The summed E-state index contributed by atoms with van der Waals surface area (Å²) in [6.07, 6.45) is 6.79. The molecular formula is C12H19NO4. The summed E-state index contributed by atoms with van der Waals surface area (Å²) in [5.74, 6) is -1.05. The Kier molecular flexibility index (Phi) is 5.52. The third kappa shape index (κ3) is 5.94. The van der Waals surface area contributed by atoms with E-state index >= 15 is 0 Å². The first kappa shape index (κ1) is 13.5. The maximum atomic E-state index is 11.5. The van der Waals surface area contributed by atoms with Crippen molar-refractivity contribution < 1.29 is 19.4 Å². The molecule has 0 radical (unpaired) electrons. The van der Waals surface area contributed by atoms with Gasteiger partial charge < -0.3 is 15.2 Å². The predicted molar refractivity (Wildman–Crippen MR) is 62.7 cm³/mol. The molecule has 0 aliphatic heterocycles. The number of carboxylic acid groups (broad SMARTS) is 1. The van der Waals surface area contributed by atoms with E-state index in [1.54, 1.807) is 6.92 Å². The number of carbonyl (C=O) groups is 2. The first-order valence-corrected chi connectivity index (χ1v) is 5.96. The van der Waals surface area contributed by atoms with Gasteiger partial charge in [0.05, 0.1) is 0 Å². The molecule has 0 aromatic rings. The van der Waals surface area contributed by atoms with Crippen LogP contribution in [0.2, 0.25) is 0 Å². The lowest BCUT2D eigenvalue weighted by molar-refractivity contribution is -0.131. The molecule has 1 atom stereocenters. The highest BCUT2D eigenvalue weighted by molar-refractivity contribution is 5.79. The van der Waals surface area contributed by atoms with Gasteiger partial charge in [0.25, 0.3) is 0 Å². The predicted octanol–water partition coefficient (Wildman–Crippen LogP) is 2.07. The van der Waals surface area contributed by atoms with E-state index in [1.807, 2.05) is 0 Å². The molecule has 0 heterocycles. The zero-order valence-electron chi connectivity index (χ0n) is 10.0. The van der Waals surface area contributed by atoms with Crippen molar-refractivity contribution in [2.75, 3.05) is 0 Å². The van der Waals surface area contributed by atoms with Crippen LogP contribution < -0.4 is 5.32 Å². The number of ether oxygens (including phenoxy) is 1. The molecule has 5 heteroatoms. The Morgan fingerprint density at radius 2 is 2.00 bits per heavy atom. The van der Waals surface area contributed by atoms with Crippen molar-refractivity contribution in [1.82, 2.24) is 5.32 Å². The quantitative estimate of drug-likeness (QED) is 0.739. The lowest BCUT2D eigenvalue weighted by Crippen LogP contribution is -2.37. The van der Waals surface area contributed by atoms with E-state index in [2.05, 4.69) is 5.32 Å². The smallest absolute Gasteiger partial charge is 0.407 e. The van der Waals surface area contributed by atoms with Gasteiger partial charge in [0.2, 0.25) is 0 Å². The Hall–Kier alpha value is -1.52. The second kappa shape index (κ2) is 6.93. The highest BCUT2D eigenvalue weighted by Gasteiger charge is 2.17. The number of carboxylic acids is 1. The van der Waals surface area contributed by atoms with Gasteiger partial charge in [0, 0.05) is 12.1 Å². The second-order valence-corrected chi connectivity index (χ2v) is 4.29. The summed E-state index contributed by atoms with van der Waals surface area (Å²) in [7, 11) is 0. The monoisotopic (exact) mass is 241 g/mol. The Balaban J connectivity index is 2.25. The topological polar surface area (TPSA) is 75.6 Å². The first-order chi connectivity index (χ1) is 8.08. The Labute approximate surface area is 101 Å². The molecule has 1 amide bonds. The van der Waals surface area contributed by atoms with Crippen molar-refractivity contribution in [2.45, 2.75) is 51.2 Å². The van der Waals surface area contributed by atoms with Gasteiger partial charge in [-0.3, -0.25) is 0 Å². The summed E-state index contributed by atoms with van der Waals surface area (Å²) in [5.41, 5.74) is 0. The van der Waals surface area contributed by atoms with Crippen molar-refractivity contribution in [2.24, 2.45) is 0 Å². The summed E-state index contributed by atoms with van der Waals surface area (Å²) in [6.45, 7) is 1.62. The number of amides is 1. The van der Waals surface area contributed by atoms with Crippen LogP contribution >= 0.6 is 0 Å². The minimum Gasteiger partial charge on any atom is -0.478 e. The van der Waals surface area contributed by atoms with E-state index in [-0.39, 0.29) is 6.04 Å². The number of aliphatic carboxylic acids is 1. The van der Waals surface area contributed by atoms with E-state index in [4.69, 9.17) is 9.84 Å². The molecule has 1 unspecified atom stereocenters. The van der Waals surface area contributed by atoms with Crippen LogP contribution in [0, 0.1) is 0 Å². The van der Waals surface area contributed by atoms with E-state index < -0.39 is 18.2 Å². The number of nitrogens with one attached hydrogen (secondary N) is 1. The molecule has 0 spiro atoms. The highest BCUT2D eigenvalue weighted by atomic mass is 16.6. The lowest BCUT2D eigenvalue weighted by Gasteiger charge is -2.23. The SMILES string of the molecule is CC(C=CC(=O)O)OC(=O)NC1CCCCC1. The Bertz CT molecular complexity index is 295. The minimum absolute atomic E-state index is 0.201. The zero-order valence-corrected chi connectivity index (χ0v) is 10.0. The van der Waals surface area contributed by atoms with Crippen LogP contribution in [-0.2, 0) is 9.53 Å². The Morgan fingerprint density at radius 3 is 2.59 bits per heavy atom. The van der Waals surface area contributed by atoms with Crippen molar-refractivity contribution >= 4 is 12.1 Å². The van der Waals surface area contributed by atoms with Crippen molar-refractivity contribution in [1.29, 1.82) is 0 Å². The number of alkyl carbamates (subject to hydrolysis) is 1. The molecule has 1 aliphatic carbocycles. The van der Waals surface area contributed by atoms with Crippen LogP contribution in [0.3, 0.4) is 0 Å². The third-order valence-electron chi connectivity index (χ3n) is 2.73. The molecule has 2 N–H and O–H groups in total. The Morgan fingerprint density at radius 1 is 1.35 bits per heavy atom. The van der Waals surface area contributed by atoms with Gasteiger partial charge in [0.1, 0.15) is 6.10 Å².